The molecule has 34 heavy (non-hydrogen) atoms. The molecule has 3 aromatic heterocycles. The van der Waals surface area contributed by atoms with Gasteiger partial charge in [-0.2, -0.15) is 8.78 Å². The molecule has 0 radical (unpaired) electrons. The van der Waals surface area contributed by atoms with Gasteiger partial charge in [-0.25, -0.2) is 4.98 Å². The largest absolute Gasteiger partial charge is 0.359 e. The lowest BCUT2D eigenvalue weighted by atomic mass is 10.1. The molecular weight excluding hydrogens is 442 g/mol. The summed E-state index contributed by atoms with van der Waals surface area (Å²) in [4.78, 5) is 37.2. The van der Waals surface area contributed by atoms with E-state index in [1.807, 2.05) is 24.3 Å². The Morgan fingerprint density at radius 3 is 2.65 bits per heavy atom. The summed E-state index contributed by atoms with van der Waals surface area (Å²) in [6.45, 7) is 0.697. The van der Waals surface area contributed by atoms with Gasteiger partial charge >= 0.3 is 5.92 Å². The molecule has 0 aliphatic rings. The highest BCUT2D eigenvalue weighted by Crippen LogP contribution is 2.25. The van der Waals surface area contributed by atoms with Crippen molar-refractivity contribution in [2.75, 3.05) is 11.9 Å². The molecule has 0 atom stereocenters. The second kappa shape index (κ2) is 9.74. The highest BCUT2D eigenvalue weighted by Gasteiger charge is 2.33. The van der Waals surface area contributed by atoms with Crippen LogP contribution < -0.4 is 16.2 Å². The molecule has 4 aromatic rings. The number of aryl methyl sites for hydroxylation is 1. The topological polar surface area (TPSA) is 102 Å². The average molecular weight is 464 g/mol. The quantitative estimate of drug-likeness (QED) is 0.416. The van der Waals surface area contributed by atoms with Gasteiger partial charge in [-0.15, -0.1) is 0 Å². The highest BCUT2D eigenvalue weighted by atomic mass is 19.3. The van der Waals surface area contributed by atoms with Crippen LogP contribution in [-0.4, -0.2) is 32.0 Å². The van der Waals surface area contributed by atoms with Gasteiger partial charge in [0.1, 0.15) is 12.2 Å². The summed E-state index contributed by atoms with van der Waals surface area (Å²) >= 11 is 0. The molecule has 0 saturated heterocycles. The SMILES string of the molecule is Cc1cnc(NCC(F)(F)c2ccccn2)c(=O)n1CC(=O)NCc1cncc2ccccc12. The van der Waals surface area contributed by atoms with Crippen LogP contribution in [0.2, 0.25) is 0 Å². The van der Waals surface area contributed by atoms with Crippen molar-refractivity contribution in [1.29, 1.82) is 0 Å². The number of rotatable bonds is 8. The van der Waals surface area contributed by atoms with E-state index >= 15 is 0 Å². The van der Waals surface area contributed by atoms with Gasteiger partial charge < -0.3 is 10.6 Å². The van der Waals surface area contributed by atoms with E-state index in [-0.39, 0.29) is 18.9 Å². The average Bonchev–Trinajstić information content (AvgIpc) is 2.85. The first-order chi connectivity index (χ1) is 16.3. The predicted molar refractivity (Wildman–Crippen MR) is 123 cm³/mol. The van der Waals surface area contributed by atoms with E-state index in [1.54, 1.807) is 19.3 Å². The lowest BCUT2D eigenvalue weighted by molar-refractivity contribution is -0.121. The summed E-state index contributed by atoms with van der Waals surface area (Å²) in [5, 5.41) is 7.10. The Balaban J connectivity index is 1.44. The number of fused-ring (bicyclic) bond motifs is 1. The predicted octanol–water partition coefficient (Wildman–Crippen LogP) is 3.02. The van der Waals surface area contributed by atoms with Gasteiger partial charge in [-0.3, -0.25) is 24.1 Å². The minimum Gasteiger partial charge on any atom is -0.359 e. The molecule has 8 nitrogen and oxygen atoms in total. The van der Waals surface area contributed by atoms with Crippen LogP contribution in [0.3, 0.4) is 0 Å². The van der Waals surface area contributed by atoms with Crippen molar-refractivity contribution in [1.82, 2.24) is 24.8 Å². The molecule has 2 N–H and O–H groups in total. The molecule has 1 amide bonds. The van der Waals surface area contributed by atoms with E-state index in [4.69, 9.17) is 0 Å². The maximum Gasteiger partial charge on any atom is 0.306 e. The first-order valence-electron chi connectivity index (χ1n) is 10.5. The van der Waals surface area contributed by atoms with Crippen LogP contribution in [0.25, 0.3) is 10.8 Å². The van der Waals surface area contributed by atoms with Gasteiger partial charge in [-0.1, -0.05) is 30.3 Å². The third-order valence-electron chi connectivity index (χ3n) is 5.30. The molecule has 0 unspecified atom stereocenters. The molecular formula is C24H22F2N6O2. The Labute approximate surface area is 193 Å². The molecule has 0 saturated carbocycles. The Morgan fingerprint density at radius 1 is 1.06 bits per heavy atom. The van der Waals surface area contributed by atoms with Crippen molar-refractivity contribution >= 4 is 22.5 Å². The summed E-state index contributed by atoms with van der Waals surface area (Å²) in [7, 11) is 0. The molecule has 4 rings (SSSR count). The summed E-state index contributed by atoms with van der Waals surface area (Å²) in [6.07, 6.45) is 6.04. The van der Waals surface area contributed by atoms with Crippen LogP contribution in [-0.2, 0) is 23.8 Å². The van der Waals surface area contributed by atoms with E-state index < -0.39 is 29.6 Å². The lowest BCUT2D eigenvalue weighted by Gasteiger charge is -2.17. The fourth-order valence-electron chi connectivity index (χ4n) is 3.47. The Hall–Kier alpha value is -4.21. The monoisotopic (exact) mass is 464 g/mol. The van der Waals surface area contributed by atoms with Gasteiger partial charge in [0.05, 0.1) is 6.54 Å². The number of pyridine rings is 2. The number of amides is 1. The molecule has 174 valence electrons. The van der Waals surface area contributed by atoms with Crippen molar-refractivity contribution in [2.45, 2.75) is 25.9 Å². The number of carbonyl (C=O) groups is 1. The van der Waals surface area contributed by atoms with E-state index in [1.165, 1.54) is 35.2 Å². The normalized spacial score (nSPS) is 11.4. The molecule has 0 spiro atoms. The molecule has 1 aromatic carbocycles. The number of alkyl halides is 2. The van der Waals surface area contributed by atoms with Gasteiger partial charge in [-0.05, 0) is 30.0 Å². The molecule has 10 heteroatoms. The minimum atomic E-state index is -3.31. The van der Waals surface area contributed by atoms with Crippen molar-refractivity contribution in [2.24, 2.45) is 0 Å². The van der Waals surface area contributed by atoms with Crippen LogP contribution in [0, 0.1) is 6.92 Å². The Morgan fingerprint density at radius 2 is 1.85 bits per heavy atom. The molecule has 0 aliphatic carbocycles. The number of hydrogen-bond acceptors (Lipinski definition) is 6. The summed E-state index contributed by atoms with van der Waals surface area (Å²) in [5.74, 6) is -3.99. The number of hydrogen-bond donors (Lipinski definition) is 2. The third-order valence-corrected chi connectivity index (χ3v) is 5.30. The van der Waals surface area contributed by atoms with Crippen molar-refractivity contribution in [3.8, 4) is 0 Å². The van der Waals surface area contributed by atoms with Crippen molar-refractivity contribution in [3.05, 3.63) is 94.6 Å². The van der Waals surface area contributed by atoms with Crippen LogP contribution >= 0.6 is 0 Å². The van der Waals surface area contributed by atoms with Crippen LogP contribution in [0.5, 0.6) is 0 Å². The van der Waals surface area contributed by atoms with Gasteiger partial charge in [0, 0.05) is 42.4 Å². The number of nitrogens with zero attached hydrogens (tertiary/aromatic N) is 4. The summed E-state index contributed by atoms with van der Waals surface area (Å²) < 4.78 is 30.0. The van der Waals surface area contributed by atoms with Crippen LogP contribution in [0.4, 0.5) is 14.6 Å². The third kappa shape index (κ3) is 5.06. The standard InChI is InChI=1S/C24H22F2N6O2/c1-16-10-30-22(31-15-24(25,26)20-8-4-5-9-28-20)23(34)32(16)14-21(33)29-13-18-12-27-11-17-6-2-3-7-19(17)18/h2-12H,13-15H2,1H3,(H,29,33)(H,30,31). The zero-order valence-electron chi connectivity index (χ0n) is 18.3. The molecule has 0 fully saturated rings. The second-order valence-electron chi connectivity index (χ2n) is 7.71. The Bertz CT molecular complexity index is 1370. The van der Waals surface area contributed by atoms with Gasteiger partial charge in [0.25, 0.3) is 5.56 Å². The van der Waals surface area contributed by atoms with E-state index in [2.05, 4.69) is 25.6 Å². The maximum atomic E-state index is 14.4. The second-order valence-corrected chi connectivity index (χ2v) is 7.71. The number of aromatic nitrogens is 4. The molecule has 0 aliphatic heterocycles. The van der Waals surface area contributed by atoms with Gasteiger partial charge in [0.15, 0.2) is 5.82 Å². The molecule has 0 bridgehead atoms. The minimum absolute atomic E-state index is 0.230. The smallest absolute Gasteiger partial charge is 0.306 e. The summed E-state index contributed by atoms with van der Waals surface area (Å²) in [6, 6.07) is 11.9. The first-order valence-corrected chi connectivity index (χ1v) is 10.5. The van der Waals surface area contributed by atoms with Crippen LogP contribution in [0.15, 0.2) is 72.0 Å². The Kier molecular flexibility index (Phi) is 6.58. The van der Waals surface area contributed by atoms with E-state index in [9.17, 15) is 18.4 Å². The van der Waals surface area contributed by atoms with E-state index in [0.29, 0.717) is 5.69 Å². The van der Waals surface area contributed by atoms with Crippen molar-refractivity contribution < 1.29 is 13.6 Å². The number of carbonyl (C=O) groups excluding carboxylic acids is 1. The fraction of sp³-hybridized carbons (Fsp3) is 0.208. The maximum absolute atomic E-state index is 14.4. The van der Waals surface area contributed by atoms with Gasteiger partial charge in [0.2, 0.25) is 5.91 Å². The zero-order chi connectivity index (χ0) is 24.1. The number of benzene rings is 1. The highest BCUT2D eigenvalue weighted by molar-refractivity contribution is 5.85. The zero-order valence-corrected chi connectivity index (χ0v) is 18.3. The number of nitrogens with one attached hydrogen (secondary N) is 2. The van der Waals surface area contributed by atoms with E-state index in [0.717, 1.165) is 16.3 Å². The molecule has 3 heterocycles. The number of halogens is 2. The summed E-state index contributed by atoms with van der Waals surface area (Å²) in [5.41, 5.74) is 0.175. The fourth-order valence-corrected chi connectivity index (χ4v) is 3.47. The first kappa shape index (κ1) is 23.0. The van der Waals surface area contributed by atoms with Crippen LogP contribution in [0.1, 0.15) is 17.0 Å². The van der Waals surface area contributed by atoms with Crippen molar-refractivity contribution in [3.63, 3.8) is 0 Å². The lowest BCUT2D eigenvalue weighted by Crippen LogP contribution is -2.36. The number of anilines is 1.